The first-order chi connectivity index (χ1) is 10.0. The number of carbonyl (C=O) groups is 1. The fraction of sp³-hybridized carbons (Fsp3) is 0.133. The number of carbonyl (C=O) groups excluding carboxylic acids is 1. The van der Waals surface area contributed by atoms with Crippen LogP contribution in [0.5, 0.6) is 5.75 Å². The van der Waals surface area contributed by atoms with Crippen molar-refractivity contribution in [3.05, 3.63) is 65.0 Å². The van der Waals surface area contributed by atoms with Gasteiger partial charge in [-0.25, -0.2) is 13.2 Å². The van der Waals surface area contributed by atoms with E-state index in [-0.39, 0.29) is 6.54 Å². The molecule has 2 aromatic carbocycles. The second kappa shape index (κ2) is 6.30. The summed E-state index contributed by atoms with van der Waals surface area (Å²) < 4.78 is 44.5. The summed E-state index contributed by atoms with van der Waals surface area (Å²) in [6.45, 7) is 0.0707. The first-order valence-corrected chi connectivity index (χ1v) is 6.08. The maximum atomic E-state index is 13.5. The van der Waals surface area contributed by atoms with Crippen molar-refractivity contribution >= 4 is 5.91 Å². The van der Waals surface area contributed by atoms with Crippen LogP contribution in [-0.2, 0) is 6.54 Å². The first kappa shape index (κ1) is 14.9. The van der Waals surface area contributed by atoms with Crippen LogP contribution >= 0.6 is 0 Å². The van der Waals surface area contributed by atoms with Crippen molar-refractivity contribution in [3.8, 4) is 5.75 Å². The molecule has 0 heterocycles. The highest BCUT2D eigenvalue weighted by Crippen LogP contribution is 2.18. The highest BCUT2D eigenvalue weighted by molar-refractivity contribution is 5.94. The molecule has 1 N–H and O–H groups in total. The minimum atomic E-state index is -1.67. The maximum absolute atomic E-state index is 13.5. The van der Waals surface area contributed by atoms with E-state index < -0.39 is 28.9 Å². The van der Waals surface area contributed by atoms with Crippen molar-refractivity contribution in [2.75, 3.05) is 7.11 Å². The summed E-state index contributed by atoms with van der Waals surface area (Å²) in [6.07, 6.45) is 0. The van der Waals surface area contributed by atoms with Crippen LogP contribution in [0.15, 0.2) is 36.4 Å². The average Bonchev–Trinajstić information content (AvgIpc) is 2.50. The second-order valence-corrected chi connectivity index (χ2v) is 4.22. The monoisotopic (exact) mass is 295 g/mol. The molecule has 0 bridgehead atoms. The highest BCUT2D eigenvalue weighted by Gasteiger charge is 2.18. The number of amides is 1. The Balaban J connectivity index is 2.14. The molecule has 110 valence electrons. The maximum Gasteiger partial charge on any atom is 0.254 e. The number of para-hydroxylation sites is 1. The zero-order valence-electron chi connectivity index (χ0n) is 11.1. The number of benzene rings is 2. The largest absolute Gasteiger partial charge is 0.496 e. The molecule has 0 radical (unpaired) electrons. The van der Waals surface area contributed by atoms with Crippen molar-refractivity contribution < 1.29 is 22.7 Å². The smallest absolute Gasteiger partial charge is 0.254 e. The van der Waals surface area contributed by atoms with Gasteiger partial charge in [0.2, 0.25) is 0 Å². The quantitative estimate of drug-likeness (QED) is 0.880. The molecule has 0 atom stereocenters. The van der Waals surface area contributed by atoms with Gasteiger partial charge in [-0.1, -0.05) is 18.2 Å². The van der Waals surface area contributed by atoms with Gasteiger partial charge in [0.25, 0.3) is 5.91 Å². The van der Waals surface area contributed by atoms with Gasteiger partial charge in [-0.15, -0.1) is 0 Å². The molecule has 21 heavy (non-hydrogen) atoms. The summed E-state index contributed by atoms with van der Waals surface area (Å²) in [5.74, 6) is -4.79. The Kier molecular flexibility index (Phi) is 4.47. The van der Waals surface area contributed by atoms with E-state index >= 15 is 0 Å². The van der Waals surface area contributed by atoms with E-state index in [0.717, 1.165) is 6.07 Å². The van der Waals surface area contributed by atoms with Crippen LogP contribution < -0.4 is 10.1 Å². The minimum absolute atomic E-state index is 0.0707. The summed E-state index contributed by atoms with van der Waals surface area (Å²) >= 11 is 0. The third-order valence-electron chi connectivity index (χ3n) is 2.91. The lowest BCUT2D eigenvalue weighted by Gasteiger charge is -2.10. The van der Waals surface area contributed by atoms with Gasteiger partial charge in [-0.2, -0.15) is 0 Å². The SMILES string of the molecule is COc1ccccc1CNC(=O)c1ccc(F)c(F)c1F. The minimum Gasteiger partial charge on any atom is -0.496 e. The van der Waals surface area contributed by atoms with Gasteiger partial charge < -0.3 is 10.1 Å². The van der Waals surface area contributed by atoms with Crippen LogP contribution in [0.3, 0.4) is 0 Å². The predicted octanol–water partition coefficient (Wildman–Crippen LogP) is 3.04. The second-order valence-electron chi connectivity index (χ2n) is 4.22. The highest BCUT2D eigenvalue weighted by atomic mass is 19.2. The summed E-state index contributed by atoms with van der Waals surface area (Å²) in [4.78, 5) is 11.8. The molecule has 2 rings (SSSR count). The molecule has 0 aromatic heterocycles. The van der Waals surface area contributed by atoms with Gasteiger partial charge in [0.15, 0.2) is 17.5 Å². The third-order valence-corrected chi connectivity index (χ3v) is 2.91. The molecule has 1 amide bonds. The Hall–Kier alpha value is -2.50. The Morgan fingerprint density at radius 1 is 1.10 bits per heavy atom. The molecule has 0 aliphatic heterocycles. The number of hydrogen-bond acceptors (Lipinski definition) is 2. The number of methoxy groups -OCH3 is 1. The van der Waals surface area contributed by atoms with E-state index in [1.54, 1.807) is 24.3 Å². The fourth-order valence-electron chi connectivity index (χ4n) is 1.82. The van der Waals surface area contributed by atoms with Crippen LogP contribution in [0, 0.1) is 17.5 Å². The van der Waals surface area contributed by atoms with E-state index in [1.807, 2.05) is 0 Å². The number of ether oxygens (including phenoxy) is 1. The molecule has 0 saturated carbocycles. The van der Waals surface area contributed by atoms with E-state index in [1.165, 1.54) is 7.11 Å². The lowest BCUT2D eigenvalue weighted by molar-refractivity contribution is 0.0945. The van der Waals surface area contributed by atoms with E-state index in [0.29, 0.717) is 17.4 Å². The number of nitrogens with one attached hydrogen (secondary N) is 1. The van der Waals surface area contributed by atoms with Crippen molar-refractivity contribution in [1.82, 2.24) is 5.32 Å². The Morgan fingerprint density at radius 3 is 2.52 bits per heavy atom. The summed E-state index contributed by atoms with van der Waals surface area (Å²) in [5.41, 5.74) is 0.125. The molecular weight excluding hydrogens is 283 g/mol. The zero-order chi connectivity index (χ0) is 15.4. The van der Waals surface area contributed by atoms with E-state index in [4.69, 9.17) is 4.74 Å². The lowest BCUT2D eigenvalue weighted by Crippen LogP contribution is -2.24. The first-order valence-electron chi connectivity index (χ1n) is 6.08. The van der Waals surface area contributed by atoms with E-state index in [9.17, 15) is 18.0 Å². The third kappa shape index (κ3) is 3.16. The van der Waals surface area contributed by atoms with Crippen LogP contribution in [0.2, 0.25) is 0 Å². The van der Waals surface area contributed by atoms with Crippen LogP contribution in [-0.4, -0.2) is 13.0 Å². The normalized spacial score (nSPS) is 10.3. The van der Waals surface area contributed by atoms with Crippen molar-refractivity contribution in [3.63, 3.8) is 0 Å². The molecule has 6 heteroatoms. The fourth-order valence-corrected chi connectivity index (χ4v) is 1.82. The van der Waals surface area contributed by atoms with Gasteiger partial charge >= 0.3 is 0 Å². The van der Waals surface area contributed by atoms with Crippen molar-refractivity contribution in [2.45, 2.75) is 6.54 Å². The van der Waals surface area contributed by atoms with Gasteiger partial charge in [0, 0.05) is 12.1 Å². The molecule has 2 aromatic rings. The number of halogens is 3. The number of hydrogen-bond donors (Lipinski definition) is 1. The Labute approximate surface area is 119 Å². The van der Waals surface area contributed by atoms with Crippen LogP contribution in [0.4, 0.5) is 13.2 Å². The summed E-state index contributed by atoms with van der Waals surface area (Å²) in [7, 11) is 1.48. The van der Waals surface area contributed by atoms with Gasteiger partial charge in [-0.05, 0) is 18.2 Å². The summed E-state index contributed by atoms with van der Waals surface area (Å²) in [5, 5.41) is 2.43. The standard InChI is InChI=1S/C15H12F3NO2/c1-21-12-5-3-2-4-9(12)8-19-15(20)10-6-7-11(16)14(18)13(10)17/h2-7H,8H2,1H3,(H,19,20). The summed E-state index contributed by atoms with van der Waals surface area (Å²) in [6, 6.07) is 8.55. The average molecular weight is 295 g/mol. The Morgan fingerprint density at radius 2 is 1.81 bits per heavy atom. The molecular formula is C15H12F3NO2. The van der Waals surface area contributed by atoms with Gasteiger partial charge in [0.1, 0.15) is 5.75 Å². The molecule has 0 aliphatic rings. The molecule has 0 aliphatic carbocycles. The molecule has 0 spiro atoms. The topological polar surface area (TPSA) is 38.3 Å². The van der Waals surface area contributed by atoms with Gasteiger partial charge in [0.05, 0.1) is 12.7 Å². The number of rotatable bonds is 4. The lowest BCUT2D eigenvalue weighted by atomic mass is 10.1. The van der Waals surface area contributed by atoms with Crippen molar-refractivity contribution in [1.29, 1.82) is 0 Å². The van der Waals surface area contributed by atoms with Crippen LogP contribution in [0.1, 0.15) is 15.9 Å². The Bertz CT molecular complexity index is 674. The molecule has 0 saturated heterocycles. The van der Waals surface area contributed by atoms with Crippen LogP contribution in [0.25, 0.3) is 0 Å². The predicted molar refractivity (Wildman–Crippen MR) is 70.5 cm³/mol. The zero-order valence-corrected chi connectivity index (χ0v) is 11.1. The molecule has 0 fully saturated rings. The van der Waals surface area contributed by atoms with E-state index in [2.05, 4.69) is 5.32 Å². The molecule has 3 nitrogen and oxygen atoms in total. The molecule has 0 unspecified atom stereocenters. The van der Waals surface area contributed by atoms with Gasteiger partial charge in [-0.3, -0.25) is 4.79 Å². The van der Waals surface area contributed by atoms with Crippen molar-refractivity contribution in [2.24, 2.45) is 0 Å².